The van der Waals surface area contributed by atoms with E-state index in [1.54, 1.807) is 0 Å². The monoisotopic (exact) mass is 494 g/mol. The van der Waals surface area contributed by atoms with Crippen molar-refractivity contribution in [1.29, 1.82) is 0 Å². The molecule has 0 unspecified atom stereocenters. The fraction of sp³-hybridized carbons (Fsp3) is 0.200. The molecule has 2 heterocycles. The van der Waals surface area contributed by atoms with E-state index >= 15 is 0 Å². The van der Waals surface area contributed by atoms with Crippen molar-refractivity contribution in [3.63, 3.8) is 0 Å². The fourth-order valence-corrected chi connectivity index (χ4v) is 4.52. The van der Waals surface area contributed by atoms with Crippen molar-refractivity contribution in [3.8, 4) is 22.1 Å². The molecule has 0 spiro atoms. The average molecular weight is 495 g/mol. The van der Waals surface area contributed by atoms with Crippen LogP contribution in [0.4, 0.5) is 5.13 Å². The van der Waals surface area contributed by atoms with Crippen LogP contribution in [0.5, 0.6) is 11.5 Å². The molecule has 168 valence electrons. The highest BCUT2D eigenvalue weighted by Crippen LogP contribution is 2.37. The third-order valence-corrected chi connectivity index (χ3v) is 6.15. The van der Waals surface area contributed by atoms with E-state index in [1.165, 1.54) is 48.8 Å². The second-order valence-corrected chi connectivity index (χ2v) is 8.85. The Labute approximate surface area is 196 Å². The van der Waals surface area contributed by atoms with E-state index in [2.05, 4.69) is 15.6 Å². The number of primary amides is 1. The van der Waals surface area contributed by atoms with Crippen molar-refractivity contribution < 1.29 is 23.9 Å². The summed E-state index contributed by atoms with van der Waals surface area (Å²) < 4.78 is 10.5. The lowest BCUT2D eigenvalue weighted by Crippen LogP contribution is -2.20. The maximum atomic E-state index is 12.7. The number of nitrogens with two attached hydrogens (primary N) is 1. The summed E-state index contributed by atoms with van der Waals surface area (Å²) in [6.07, 6.45) is 0. The van der Waals surface area contributed by atoms with Crippen LogP contribution in [0.1, 0.15) is 22.2 Å². The Hall–Kier alpha value is -3.15. The Morgan fingerprint density at radius 3 is 2.72 bits per heavy atom. The highest BCUT2D eigenvalue weighted by molar-refractivity contribution is 7.17. The summed E-state index contributed by atoms with van der Waals surface area (Å²) >= 11 is 8.99. The molecule has 1 aromatic carbocycles. The number of anilines is 1. The number of benzene rings is 1. The first kappa shape index (κ1) is 23.5. The van der Waals surface area contributed by atoms with E-state index in [0.29, 0.717) is 11.7 Å². The first-order valence-corrected chi connectivity index (χ1v) is 11.2. The first-order valence-electron chi connectivity index (χ1n) is 9.16. The van der Waals surface area contributed by atoms with Crippen LogP contribution in [0.2, 0.25) is 5.02 Å². The molecule has 0 aliphatic carbocycles. The van der Waals surface area contributed by atoms with E-state index in [4.69, 9.17) is 26.8 Å². The predicted molar refractivity (Wildman–Crippen MR) is 124 cm³/mol. The number of carbonyl (C=O) groups excluding carboxylic acids is 3. The lowest BCUT2D eigenvalue weighted by molar-refractivity contribution is -0.120. The second-order valence-electron chi connectivity index (χ2n) is 6.41. The number of rotatable bonds is 9. The summed E-state index contributed by atoms with van der Waals surface area (Å²) in [4.78, 5) is 41.1. The number of aromatic nitrogens is 1. The van der Waals surface area contributed by atoms with Crippen molar-refractivity contribution in [3.05, 3.63) is 45.1 Å². The van der Waals surface area contributed by atoms with Gasteiger partial charge in [0.05, 0.1) is 29.2 Å². The largest absolute Gasteiger partial charge is 0.493 e. The van der Waals surface area contributed by atoms with Gasteiger partial charge in [-0.1, -0.05) is 11.6 Å². The van der Waals surface area contributed by atoms with Crippen LogP contribution in [-0.2, 0) is 16.1 Å². The molecule has 0 radical (unpaired) electrons. The molecule has 0 saturated heterocycles. The third-order valence-electron chi connectivity index (χ3n) is 4.00. The summed E-state index contributed by atoms with van der Waals surface area (Å²) in [6.45, 7) is 1.54. The highest BCUT2D eigenvalue weighted by Gasteiger charge is 2.18. The molecule has 0 bridgehead atoms. The van der Waals surface area contributed by atoms with Gasteiger partial charge in [0.2, 0.25) is 5.91 Å². The number of nitrogens with one attached hydrogen (secondary N) is 2. The van der Waals surface area contributed by atoms with Crippen molar-refractivity contribution in [1.82, 2.24) is 10.3 Å². The summed E-state index contributed by atoms with van der Waals surface area (Å²) in [7, 11) is 1.39. The number of nitrogens with zero attached hydrogens (tertiary/aromatic N) is 1. The minimum Gasteiger partial charge on any atom is -0.493 e. The Balaban J connectivity index is 1.71. The quantitative estimate of drug-likeness (QED) is 0.418. The molecule has 3 aromatic rings. The van der Waals surface area contributed by atoms with Gasteiger partial charge in [0.15, 0.2) is 23.2 Å². The van der Waals surface area contributed by atoms with Gasteiger partial charge < -0.3 is 20.5 Å². The highest BCUT2D eigenvalue weighted by atomic mass is 35.5. The van der Waals surface area contributed by atoms with Crippen molar-refractivity contribution >= 4 is 57.1 Å². The van der Waals surface area contributed by atoms with Gasteiger partial charge in [-0.25, -0.2) is 4.98 Å². The van der Waals surface area contributed by atoms with E-state index in [-0.39, 0.29) is 34.6 Å². The Morgan fingerprint density at radius 2 is 2.03 bits per heavy atom. The van der Waals surface area contributed by atoms with E-state index in [0.717, 1.165) is 15.4 Å². The van der Waals surface area contributed by atoms with Crippen LogP contribution in [0.25, 0.3) is 10.6 Å². The van der Waals surface area contributed by atoms with Crippen LogP contribution < -0.4 is 25.8 Å². The normalized spacial score (nSPS) is 10.5. The number of thiazole rings is 1. The maximum Gasteiger partial charge on any atom is 0.257 e. The second kappa shape index (κ2) is 10.4. The number of ether oxygens (including phenoxy) is 2. The first-order chi connectivity index (χ1) is 15.3. The van der Waals surface area contributed by atoms with Gasteiger partial charge in [-0.2, -0.15) is 0 Å². The van der Waals surface area contributed by atoms with E-state index < -0.39 is 11.8 Å². The summed E-state index contributed by atoms with van der Waals surface area (Å²) in [5, 5.41) is 7.82. The molecule has 12 heteroatoms. The van der Waals surface area contributed by atoms with Crippen LogP contribution >= 0.6 is 34.3 Å². The number of methoxy groups -OCH3 is 1. The topological polar surface area (TPSA) is 133 Å². The predicted octanol–water partition coefficient (Wildman–Crippen LogP) is 3.29. The van der Waals surface area contributed by atoms with Crippen molar-refractivity contribution in [2.24, 2.45) is 5.73 Å². The summed E-state index contributed by atoms with van der Waals surface area (Å²) in [5.74, 6) is -0.895. The minimum absolute atomic E-state index is 0.0946. The third kappa shape index (κ3) is 5.96. The lowest BCUT2D eigenvalue weighted by Gasteiger charge is -2.13. The molecule has 2 aromatic heterocycles. The number of hydrogen-bond acceptors (Lipinski definition) is 8. The minimum atomic E-state index is -0.669. The molecule has 3 amide bonds. The number of halogens is 1. The Morgan fingerprint density at radius 1 is 1.25 bits per heavy atom. The van der Waals surface area contributed by atoms with Crippen LogP contribution in [-0.4, -0.2) is 36.4 Å². The van der Waals surface area contributed by atoms with Gasteiger partial charge in [-0.3, -0.25) is 19.7 Å². The van der Waals surface area contributed by atoms with Gasteiger partial charge in [0.1, 0.15) is 0 Å². The maximum absolute atomic E-state index is 12.7. The van der Waals surface area contributed by atoms with Gasteiger partial charge >= 0.3 is 0 Å². The van der Waals surface area contributed by atoms with Crippen LogP contribution in [0.3, 0.4) is 0 Å². The zero-order chi connectivity index (χ0) is 23.3. The lowest BCUT2D eigenvalue weighted by atomic mass is 10.2. The Kier molecular flexibility index (Phi) is 7.67. The zero-order valence-electron chi connectivity index (χ0n) is 17.1. The smallest absolute Gasteiger partial charge is 0.257 e. The van der Waals surface area contributed by atoms with Gasteiger partial charge in [-0.15, -0.1) is 22.7 Å². The summed E-state index contributed by atoms with van der Waals surface area (Å²) in [6, 6.07) is 6.68. The van der Waals surface area contributed by atoms with E-state index in [9.17, 15) is 14.4 Å². The molecule has 9 nitrogen and oxygen atoms in total. The molecule has 0 aliphatic heterocycles. The molecule has 0 fully saturated rings. The standard InChI is InChI=1S/C20H19ClN4O5S2/c1-10(26)23-7-12-3-4-16(32-12)14-9-31-20(24-14)25-19(28)11-5-13(21)18(15(6-11)29-2)30-8-17(22)27/h3-6,9H,7-8H2,1-2H3,(H2,22,27)(H,23,26)(H,24,25,28). The van der Waals surface area contributed by atoms with Gasteiger partial charge in [0, 0.05) is 22.7 Å². The number of thiophene rings is 1. The summed E-state index contributed by atoms with van der Waals surface area (Å²) in [5.41, 5.74) is 6.03. The van der Waals surface area contributed by atoms with E-state index in [1.807, 2.05) is 17.5 Å². The number of amides is 3. The van der Waals surface area contributed by atoms with Crippen molar-refractivity contribution in [2.45, 2.75) is 13.5 Å². The number of hydrogen-bond donors (Lipinski definition) is 3. The molecular formula is C20H19ClN4O5S2. The zero-order valence-corrected chi connectivity index (χ0v) is 19.5. The molecule has 0 atom stereocenters. The molecule has 32 heavy (non-hydrogen) atoms. The van der Waals surface area contributed by atoms with Crippen LogP contribution in [0, 0.1) is 0 Å². The number of carbonyl (C=O) groups is 3. The molecule has 4 N–H and O–H groups in total. The molecule has 3 rings (SSSR count). The SMILES string of the molecule is COc1cc(C(=O)Nc2nc(-c3ccc(CNC(C)=O)s3)cs2)cc(Cl)c1OCC(N)=O. The van der Waals surface area contributed by atoms with Crippen LogP contribution in [0.15, 0.2) is 29.6 Å². The molecular weight excluding hydrogens is 476 g/mol. The fourth-order valence-electron chi connectivity index (χ4n) is 2.57. The molecule has 0 saturated carbocycles. The molecule has 0 aliphatic rings. The average Bonchev–Trinajstić information content (AvgIpc) is 3.40. The van der Waals surface area contributed by atoms with Gasteiger partial charge in [-0.05, 0) is 24.3 Å². The Bertz CT molecular complexity index is 1160. The van der Waals surface area contributed by atoms with Crippen molar-refractivity contribution in [2.75, 3.05) is 19.0 Å². The van der Waals surface area contributed by atoms with Gasteiger partial charge in [0.25, 0.3) is 11.8 Å².